The van der Waals surface area contributed by atoms with E-state index < -0.39 is 10.0 Å². The molecule has 2 aliphatic rings. The molecule has 3 aromatic rings. The summed E-state index contributed by atoms with van der Waals surface area (Å²) in [5, 5.41) is 1.07. The molecular weight excluding hydrogens is 346 g/mol. The van der Waals surface area contributed by atoms with Gasteiger partial charge in [0.05, 0.1) is 5.52 Å². The normalized spacial score (nSPS) is 22.7. The smallest absolute Gasteiger partial charge is 0.269 e. The molecule has 6 heteroatoms. The molecule has 1 aromatic carbocycles. The van der Waals surface area contributed by atoms with Crippen LogP contribution in [0.3, 0.4) is 0 Å². The van der Waals surface area contributed by atoms with Crippen molar-refractivity contribution >= 4 is 20.9 Å². The van der Waals surface area contributed by atoms with Gasteiger partial charge in [-0.15, -0.1) is 0 Å². The monoisotopic (exact) mass is 367 g/mol. The Labute approximate surface area is 153 Å². The van der Waals surface area contributed by atoms with E-state index >= 15 is 0 Å². The topological polar surface area (TPSA) is 55.2 Å². The van der Waals surface area contributed by atoms with Gasteiger partial charge >= 0.3 is 0 Å². The first-order valence-corrected chi connectivity index (χ1v) is 10.4. The second-order valence-electron chi connectivity index (χ2n) is 7.46. The molecule has 1 fully saturated rings. The van der Waals surface area contributed by atoms with Gasteiger partial charge in [0.25, 0.3) is 10.0 Å². The summed E-state index contributed by atoms with van der Waals surface area (Å²) in [6.07, 6.45) is 6.02. The highest BCUT2D eigenvalue weighted by atomic mass is 32.2. The number of nitrogens with zero attached hydrogens (tertiary/aromatic N) is 3. The van der Waals surface area contributed by atoms with Gasteiger partial charge in [-0.3, -0.25) is 9.88 Å². The van der Waals surface area contributed by atoms with Crippen molar-refractivity contribution in [1.82, 2.24) is 13.9 Å². The molecule has 5 rings (SSSR count). The number of fused-ring (bicyclic) bond motifs is 6. The standard InChI is InChI=1S/C20H21N3O2S/c1-13-5-7-17-16(10-13)20-18-8-6-14(22(18)2)11-19(20)23(17)26(24,25)15-4-3-9-21-12-15/h3-5,7,9-10,12,14,18H,6,8,11H2,1-2H3. The zero-order valence-corrected chi connectivity index (χ0v) is 15.7. The largest absolute Gasteiger partial charge is 0.296 e. The molecule has 0 aliphatic carbocycles. The third-order valence-corrected chi connectivity index (χ3v) is 7.73. The van der Waals surface area contributed by atoms with Gasteiger partial charge in [0.2, 0.25) is 0 Å². The molecule has 0 saturated carbocycles. The summed E-state index contributed by atoms with van der Waals surface area (Å²) in [5.74, 6) is 0. The Balaban J connectivity index is 1.87. The lowest BCUT2D eigenvalue weighted by Crippen LogP contribution is -2.35. The molecule has 0 spiro atoms. The average molecular weight is 367 g/mol. The molecule has 0 N–H and O–H groups in total. The number of benzene rings is 1. The summed E-state index contributed by atoms with van der Waals surface area (Å²) in [6, 6.07) is 10.1. The SMILES string of the molecule is Cc1ccc2c(c1)c1c(n2S(=O)(=O)c2cccnc2)CC2CCC1N2C. The maximum absolute atomic E-state index is 13.5. The van der Waals surface area contributed by atoms with Crippen molar-refractivity contribution in [3.05, 3.63) is 59.5 Å². The van der Waals surface area contributed by atoms with Gasteiger partial charge in [-0.25, -0.2) is 12.4 Å². The van der Waals surface area contributed by atoms with E-state index in [1.54, 1.807) is 22.3 Å². The number of aryl methyl sites for hydroxylation is 1. The van der Waals surface area contributed by atoms with Gasteiger partial charge in [0.1, 0.15) is 4.90 Å². The van der Waals surface area contributed by atoms with Crippen LogP contribution in [0.15, 0.2) is 47.6 Å². The van der Waals surface area contributed by atoms with Crippen LogP contribution in [0, 0.1) is 6.92 Å². The van der Waals surface area contributed by atoms with E-state index in [9.17, 15) is 8.42 Å². The predicted molar refractivity (Wildman–Crippen MR) is 101 cm³/mol. The molecule has 0 amide bonds. The molecule has 0 radical (unpaired) electrons. The van der Waals surface area contributed by atoms with Crippen molar-refractivity contribution in [1.29, 1.82) is 0 Å². The Morgan fingerprint density at radius 1 is 1.19 bits per heavy atom. The van der Waals surface area contributed by atoms with Gasteiger partial charge in [-0.05, 0) is 56.6 Å². The zero-order chi connectivity index (χ0) is 18.1. The van der Waals surface area contributed by atoms with Crippen molar-refractivity contribution in [3.63, 3.8) is 0 Å². The summed E-state index contributed by atoms with van der Waals surface area (Å²) < 4.78 is 28.6. The van der Waals surface area contributed by atoms with Gasteiger partial charge in [0.15, 0.2) is 0 Å². The number of likely N-dealkylation sites (N-methyl/N-ethyl adjacent to an activating group) is 1. The summed E-state index contributed by atoms with van der Waals surface area (Å²) >= 11 is 0. The third-order valence-electron chi connectivity index (χ3n) is 5.99. The molecule has 2 aliphatic heterocycles. The molecule has 2 bridgehead atoms. The Kier molecular flexibility index (Phi) is 3.33. The lowest BCUT2D eigenvalue weighted by Gasteiger charge is -2.32. The first-order valence-electron chi connectivity index (χ1n) is 9.00. The lowest BCUT2D eigenvalue weighted by molar-refractivity contribution is 0.224. The highest BCUT2D eigenvalue weighted by molar-refractivity contribution is 7.90. The fourth-order valence-corrected chi connectivity index (χ4v) is 6.26. The maximum Gasteiger partial charge on any atom is 0.269 e. The van der Waals surface area contributed by atoms with Crippen molar-refractivity contribution < 1.29 is 8.42 Å². The van der Waals surface area contributed by atoms with Gasteiger partial charge in [-0.2, -0.15) is 0 Å². The van der Waals surface area contributed by atoms with E-state index in [1.807, 2.05) is 12.1 Å². The summed E-state index contributed by atoms with van der Waals surface area (Å²) in [7, 11) is -1.51. The molecule has 2 atom stereocenters. The van der Waals surface area contributed by atoms with Crippen LogP contribution < -0.4 is 0 Å². The maximum atomic E-state index is 13.5. The van der Waals surface area contributed by atoms with Crippen LogP contribution in [0.2, 0.25) is 0 Å². The number of rotatable bonds is 2. The minimum absolute atomic E-state index is 0.242. The minimum Gasteiger partial charge on any atom is -0.296 e. The lowest BCUT2D eigenvalue weighted by atomic mass is 9.97. The van der Waals surface area contributed by atoms with Crippen molar-refractivity contribution in [2.75, 3.05) is 7.05 Å². The summed E-state index contributed by atoms with van der Waals surface area (Å²) in [6.45, 7) is 2.06. The Bertz CT molecular complexity index is 1120. The predicted octanol–water partition coefficient (Wildman–Crippen LogP) is 3.27. The second-order valence-corrected chi connectivity index (χ2v) is 9.24. The molecule has 134 valence electrons. The summed E-state index contributed by atoms with van der Waals surface area (Å²) in [5.41, 5.74) is 4.09. The molecule has 5 nitrogen and oxygen atoms in total. The Hall–Kier alpha value is -2.18. The first-order chi connectivity index (χ1) is 12.5. The Morgan fingerprint density at radius 3 is 2.81 bits per heavy atom. The first kappa shape index (κ1) is 16.0. The zero-order valence-electron chi connectivity index (χ0n) is 14.9. The van der Waals surface area contributed by atoms with Crippen LogP contribution in [0.1, 0.15) is 35.7 Å². The summed E-state index contributed by atoms with van der Waals surface area (Å²) in [4.78, 5) is 6.68. The van der Waals surface area contributed by atoms with Crippen LogP contribution in [-0.2, 0) is 16.4 Å². The van der Waals surface area contributed by atoms with Crippen molar-refractivity contribution in [2.24, 2.45) is 0 Å². The highest BCUT2D eigenvalue weighted by Crippen LogP contribution is 2.47. The van der Waals surface area contributed by atoms with Gasteiger partial charge in [-0.1, -0.05) is 11.6 Å². The van der Waals surface area contributed by atoms with Gasteiger partial charge in [0, 0.05) is 42.0 Å². The van der Waals surface area contributed by atoms with Crippen LogP contribution in [0.25, 0.3) is 10.9 Å². The van der Waals surface area contributed by atoms with Gasteiger partial charge < -0.3 is 0 Å². The molecule has 2 unspecified atom stereocenters. The van der Waals surface area contributed by atoms with E-state index in [0.717, 1.165) is 41.4 Å². The average Bonchev–Trinajstić information content (AvgIpc) is 3.06. The van der Waals surface area contributed by atoms with Crippen LogP contribution in [-0.4, -0.2) is 35.4 Å². The van der Waals surface area contributed by atoms with E-state index in [1.165, 1.54) is 11.8 Å². The number of pyridine rings is 1. The molecule has 2 aromatic heterocycles. The van der Waals surface area contributed by atoms with E-state index in [4.69, 9.17) is 0 Å². The number of aromatic nitrogens is 2. The highest BCUT2D eigenvalue weighted by Gasteiger charge is 2.42. The molecule has 1 saturated heterocycles. The van der Waals surface area contributed by atoms with E-state index in [2.05, 4.69) is 29.9 Å². The molecular formula is C20H21N3O2S. The van der Waals surface area contributed by atoms with E-state index in [-0.39, 0.29) is 4.90 Å². The molecule has 4 heterocycles. The van der Waals surface area contributed by atoms with Crippen LogP contribution in [0.5, 0.6) is 0 Å². The van der Waals surface area contributed by atoms with Crippen LogP contribution in [0.4, 0.5) is 0 Å². The fourth-order valence-electron chi connectivity index (χ4n) is 4.73. The van der Waals surface area contributed by atoms with Crippen molar-refractivity contribution in [3.8, 4) is 0 Å². The molecule has 26 heavy (non-hydrogen) atoms. The van der Waals surface area contributed by atoms with Crippen molar-refractivity contribution in [2.45, 2.75) is 43.2 Å². The van der Waals surface area contributed by atoms with Crippen LogP contribution >= 0.6 is 0 Å². The minimum atomic E-state index is -3.68. The second kappa shape index (κ2) is 5.41. The Morgan fingerprint density at radius 2 is 2.04 bits per heavy atom. The third kappa shape index (κ3) is 2.06. The quantitative estimate of drug-likeness (QED) is 0.698. The number of hydrogen-bond donors (Lipinski definition) is 0. The van der Waals surface area contributed by atoms with E-state index in [0.29, 0.717) is 12.1 Å². The fraction of sp³-hybridized carbons (Fsp3) is 0.350. The number of hydrogen-bond acceptors (Lipinski definition) is 4.